The zero-order valence-electron chi connectivity index (χ0n) is 13.4. The summed E-state index contributed by atoms with van der Waals surface area (Å²) in [5.74, 6) is -0.0517. The van der Waals surface area contributed by atoms with Crippen LogP contribution in [0.5, 0.6) is 0 Å². The van der Waals surface area contributed by atoms with Gasteiger partial charge < -0.3 is 10.6 Å². The number of hydrogen-bond acceptors (Lipinski definition) is 4. The zero-order valence-corrected chi connectivity index (χ0v) is 13.4. The van der Waals surface area contributed by atoms with Crippen molar-refractivity contribution < 1.29 is 18.0 Å². The average molecular weight is 338 g/mol. The Bertz CT molecular complexity index is 721. The molecule has 1 aromatic heterocycles. The van der Waals surface area contributed by atoms with Crippen molar-refractivity contribution in [1.82, 2.24) is 9.97 Å². The topological polar surface area (TPSA) is 66.9 Å². The Balaban J connectivity index is 2.11. The molecular weight excluding hydrogens is 321 g/mol. The summed E-state index contributed by atoms with van der Waals surface area (Å²) < 4.78 is 37.5. The van der Waals surface area contributed by atoms with Crippen LogP contribution in [0.4, 0.5) is 24.7 Å². The van der Waals surface area contributed by atoms with Crippen molar-refractivity contribution in [1.29, 1.82) is 0 Å². The van der Waals surface area contributed by atoms with E-state index in [1.807, 2.05) is 20.8 Å². The molecule has 8 heteroatoms. The largest absolute Gasteiger partial charge is 0.416 e. The van der Waals surface area contributed by atoms with Gasteiger partial charge in [-0.25, -0.2) is 9.97 Å². The Hall–Kier alpha value is -2.64. The predicted molar refractivity (Wildman–Crippen MR) is 84.8 cm³/mol. The average Bonchev–Trinajstić information content (AvgIpc) is 2.45. The molecule has 0 fully saturated rings. The number of nitrogens with one attached hydrogen (secondary N) is 2. The third-order valence-electron chi connectivity index (χ3n) is 2.87. The predicted octanol–water partition coefficient (Wildman–Crippen LogP) is 3.96. The molecule has 0 radical (unpaired) electrons. The van der Waals surface area contributed by atoms with Crippen molar-refractivity contribution in [2.24, 2.45) is 0 Å². The lowest BCUT2D eigenvalue weighted by Crippen LogP contribution is -2.27. The number of anilines is 2. The lowest BCUT2D eigenvalue weighted by atomic mass is 10.1. The van der Waals surface area contributed by atoms with Crippen LogP contribution in [0.3, 0.4) is 0 Å². The lowest BCUT2D eigenvalue weighted by Gasteiger charge is -2.21. The highest BCUT2D eigenvalue weighted by molar-refractivity contribution is 6.03. The van der Waals surface area contributed by atoms with Crippen LogP contribution in [0.1, 0.15) is 36.8 Å². The van der Waals surface area contributed by atoms with Gasteiger partial charge in [-0.05, 0) is 45.0 Å². The summed E-state index contributed by atoms with van der Waals surface area (Å²) in [6, 6.07) is 5.67. The molecule has 0 unspecified atom stereocenters. The smallest absolute Gasteiger partial charge is 0.365 e. The van der Waals surface area contributed by atoms with Crippen LogP contribution >= 0.6 is 0 Å². The molecule has 1 amide bonds. The number of hydrogen-bond donors (Lipinski definition) is 2. The van der Waals surface area contributed by atoms with Gasteiger partial charge in [0, 0.05) is 17.3 Å². The molecule has 128 valence electrons. The molecule has 1 aromatic carbocycles. The van der Waals surface area contributed by atoms with E-state index in [9.17, 15) is 18.0 Å². The Kier molecular flexibility index (Phi) is 4.77. The highest BCUT2D eigenvalue weighted by Crippen LogP contribution is 2.29. The van der Waals surface area contributed by atoms with Gasteiger partial charge in [-0.3, -0.25) is 4.79 Å². The van der Waals surface area contributed by atoms with Crippen LogP contribution in [0.25, 0.3) is 0 Å². The Morgan fingerprint density at radius 3 is 2.21 bits per heavy atom. The number of amides is 1. The van der Waals surface area contributed by atoms with Gasteiger partial charge in [-0.2, -0.15) is 13.2 Å². The fourth-order valence-electron chi connectivity index (χ4n) is 1.87. The van der Waals surface area contributed by atoms with E-state index in [1.54, 1.807) is 0 Å². The summed E-state index contributed by atoms with van der Waals surface area (Å²) in [4.78, 5) is 20.1. The van der Waals surface area contributed by atoms with Gasteiger partial charge in [0.1, 0.15) is 17.8 Å². The number of benzene rings is 1. The molecule has 2 aromatic rings. The normalized spacial score (nSPS) is 11.9. The summed E-state index contributed by atoms with van der Waals surface area (Å²) in [7, 11) is 0. The molecule has 5 nitrogen and oxygen atoms in total. The van der Waals surface area contributed by atoms with Crippen LogP contribution in [0, 0.1) is 0 Å². The van der Waals surface area contributed by atoms with Gasteiger partial charge in [0.05, 0.1) is 5.56 Å². The standard InChI is InChI=1S/C16H17F3N4O/c1-15(2,3)23-13-8-12(20-9-21-13)14(24)22-11-6-4-10(5-7-11)16(17,18)19/h4-9H,1-3H3,(H,22,24)(H,20,21,23). The second-order valence-corrected chi connectivity index (χ2v) is 6.19. The first-order valence-electron chi connectivity index (χ1n) is 7.13. The van der Waals surface area contributed by atoms with Crippen molar-refractivity contribution in [2.75, 3.05) is 10.6 Å². The van der Waals surface area contributed by atoms with E-state index in [-0.39, 0.29) is 16.9 Å². The Morgan fingerprint density at radius 1 is 1.04 bits per heavy atom. The first-order valence-corrected chi connectivity index (χ1v) is 7.13. The SMILES string of the molecule is CC(C)(C)Nc1cc(C(=O)Nc2ccc(C(F)(F)F)cc2)ncn1. The van der Waals surface area contributed by atoms with Crippen LogP contribution in [-0.2, 0) is 6.18 Å². The zero-order chi connectivity index (χ0) is 18.0. The van der Waals surface area contributed by atoms with Crippen LogP contribution in [-0.4, -0.2) is 21.4 Å². The van der Waals surface area contributed by atoms with E-state index >= 15 is 0 Å². The first kappa shape index (κ1) is 17.7. The van der Waals surface area contributed by atoms with E-state index in [4.69, 9.17) is 0 Å². The van der Waals surface area contributed by atoms with Gasteiger partial charge in [-0.15, -0.1) is 0 Å². The van der Waals surface area contributed by atoms with Crippen molar-refractivity contribution in [3.05, 3.63) is 47.9 Å². The highest BCUT2D eigenvalue weighted by atomic mass is 19.4. The van der Waals surface area contributed by atoms with Gasteiger partial charge in [0.25, 0.3) is 5.91 Å². The molecule has 0 aliphatic rings. The van der Waals surface area contributed by atoms with E-state index in [1.165, 1.54) is 24.5 Å². The molecule has 0 spiro atoms. The van der Waals surface area contributed by atoms with Gasteiger partial charge in [-0.1, -0.05) is 0 Å². The molecule has 24 heavy (non-hydrogen) atoms. The van der Waals surface area contributed by atoms with Gasteiger partial charge in [0.15, 0.2) is 0 Å². The lowest BCUT2D eigenvalue weighted by molar-refractivity contribution is -0.137. The highest BCUT2D eigenvalue weighted by Gasteiger charge is 2.30. The molecule has 2 N–H and O–H groups in total. The van der Waals surface area contributed by atoms with E-state index in [0.29, 0.717) is 5.82 Å². The van der Waals surface area contributed by atoms with Crippen LogP contribution in [0.2, 0.25) is 0 Å². The second-order valence-electron chi connectivity index (χ2n) is 6.19. The third kappa shape index (κ3) is 4.94. The van der Waals surface area contributed by atoms with Crippen molar-refractivity contribution >= 4 is 17.4 Å². The minimum atomic E-state index is -4.41. The van der Waals surface area contributed by atoms with Gasteiger partial charge >= 0.3 is 6.18 Å². The molecule has 0 saturated heterocycles. The van der Waals surface area contributed by atoms with E-state index < -0.39 is 17.6 Å². The van der Waals surface area contributed by atoms with Crippen molar-refractivity contribution in [3.63, 3.8) is 0 Å². The first-order chi connectivity index (χ1) is 11.0. The number of alkyl halides is 3. The molecule has 0 aliphatic carbocycles. The fraction of sp³-hybridized carbons (Fsp3) is 0.312. The molecular formula is C16H17F3N4O. The summed E-state index contributed by atoms with van der Waals surface area (Å²) in [6.07, 6.45) is -3.17. The molecule has 0 bridgehead atoms. The number of halogens is 3. The van der Waals surface area contributed by atoms with Gasteiger partial charge in [0.2, 0.25) is 0 Å². The summed E-state index contributed by atoms with van der Waals surface area (Å²) >= 11 is 0. The number of carbonyl (C=O) groups excluding carboxylic acids is 1. The number of carbonyl (C=O) groups is 1. The minimum absolute atomic E-state index is 0.108. The molecule has 1 heterocycles. The quantitative estimate of drug-likeness (QED) is 0.889. The minimum Gasteiger partial charge on any atom is -0.365 e. The number of rotatable bonds is 3. The van der Waals surface area contributed by atoms with Crippen molar-refractivity contribution in [2.45, 2.75) is 32.5 Å². The number of nitrogens with zero attached hydrogens (tertiary/aromatic N) is 2. The van der Waals surface area contributed by atoms with Crippen LogP contribution in [0.15, 0.2) is 36.7 Å². The monoisotopic (exact) mass is 338 g/mol. The molecule has 2 rings (SSSR count). The molecule has 0 saturated carbocycles. The van der Waals surface area contributed by atoms with E-state index in [2.05, 4.69) is 20.6 Å². The van der Waals surface area contributed by atoms with Crippen LogP contribution < -0.4 is 10.6 Å². The fourth-order valence-corrected chi connectivity index (χ4v) is 1.87. The maximum absolute atomic E-state index is 12.5. The maximum atomic E-state index is 12.5. The third-order valence-corrected chi connectivity index (χ3v) is 2.87. The summed E-state index contributed by atoms with van der Waals surface area (Å²) in [6.45, 7) is 5.82. The summed E-state index contributed by atoms with van der Waals surface area (Å²) in [5.41, 5.74) is -0.664. The molecule has 0 aliphatic heterocycles. The summed E-state index contributed by atoms with van der Waals surface area (Å²) in [5, 5.41) is 5.61. The maximum Gasteiger partial charge on any atom is 0.416 e. The van der Waals surface area contributed by atoms with E-state index in [0.717, 1.165) is 12.1 Å². The number of aromatic nitrogens is 2. The second kappa shape index (κ2) is 6.46. The Labute approximate surface area is 137 Å². The Morgan fingerprint density at radius 2 is 1.67 bits per heavy atom. The van der Waals surface area contributed by atoms with Crippen molar-refractivity contribution in [3.8, 4) is 0 Å². The molecule has 0 atom stereocenters.